The zero-order valence-electron chi connectivity index (χ0n) is 11.0. The van der Waals surface area contributed by atoms with Crippen molar-refractivity contribution in [2.75, 3.05) is 31.6 Å². The molecule has 1 aliphatic heterocycles. The van der Waals surface area contributed by atoms with Crippen molar-refractivity contribution in [3.8, 4) is 5.75 Å². The van der Waals surface area contributed by atoms with Gasteiger partial charge >= 0.3 is 0 Å². The molecule has 0 fully saturated rings. The molecule has 1 amide bonds. The number of benzene rings is 1. The average molecular weight is 248 g/mol. The quantitative estimate of drug-likeness (QED) is 0.836. The first-order valence-electron chi connectivity index (χ1n) is 6.51. The van der Waals surface area contributed by atoms with Gasteiger partial charge in [0, 0.05) is 17.8 Å². The van der Waals surface area contributed by atoms with Crippen molar-refractivity contribution in [3.05, 3.63) is 23.8 Å². The molecule has 1 aromatic carbocycles. The largest absolute Gasteiger partial charge is 0.492 e. The number of likely N-dealkylation sites (N-methyl/N-ethyl adjacent to an activating group) is 1. The van der Waals surface area contributed by atoms with E-state index >= 15 is 0 Å². The van der Waals surface area contributed by atoms with Crippen LogP contribution in [0.25, 0.3) is 0 Å². The van der Waals surface area contributed by atoms with Crippen molar-refractivity contribution >= 4 is 11.6 Å². The van der Waals surface area contributed by atoms with Crippen molar-refractivity contribution in [3.63, 3.8) is 0 Å². The van der Waals surface area contributed by atoms with Gasteiger partial charge < -0.3 is 15.0 Å². The molecule has 2 rings (SSSR count). The molecule has 4 nitrogen and oxygen atoms in total. The summed E-state index contributed by atoms with van der Waals surface area (Å²) >= 11 is 0. The average Bonchev–Trinajstić information content (AvgIpc) is 2.75. The maximum absolute atomic E-state index is 11.4. The molecule has 0 spiro atoms. The van der Waals surface area contributed by atoms with Gasteiger partial charge in [-0.25, -0.2) is 0 Å². The highest BCUT2D eigenvalue weighted by Gasteiger charge is 2.21. The highest BCUT2D eigenvalue weighted by atomic mass is 16.5. The van der Waals surface area contributed by atoms with Gasteiger partial charge in [0.15, 0.2) is 0 Å². The number of carbonyl (C=O) groups is 1. The fraction of sp³-hybridized carbons (Fsp3) is 0.500. The Balaban J connectivity index is 1.95. The first-order valence-corrected chi connectivity index (χ1v) is 6.51. The first kappa shape index (κ1) is 12.9. The molecule has 1 aromatic rings. The third-order valence-corrected chi connectivity index (χ3v) is 3.30. The molecule has 0 bridgehead atoms. The summed E-state index contributed by atoms with van der Waals surface area (Å²) in [6.07, 6.45) is 0.427. The minimum Gasteiger partial charge on any atom is -0.492 e. The number of ether oxygens (including phenoxy) is 1. The predicted molar refractivity (Wildman–Crippen MR) is 72.1 cm³/mol. The van der Waals surface area contributed by atoms with E-state index in [1.54, 1.807) is 0 Å². The van der Waals surface area contributed by atoms with E-state index in [1.165, 1.54) is 0 Å². The molecule has 4 heteroatoms. The van der Waals surface area contributed by atoms with Crippen molar-refractivity contribution in [1.82, 2.24) is 4.90 Å². The van der Waals surface area contributed by atoms with Gasteiger partial charge in [0.2, 0.25) is 5.91 Å². The van der Waals surface area contributed by atoms with E-state index in [-0.39, 0.29) is 5.91 Å². The van der Waals surface area contributed by atoms with Crippen LogP contribution in [0.5, 0.6) is 5.75 Å². The maximum Gasteiger partial charge on any atom is 0.229 e. The number of anilines is 1. The van der Waals surface area contributed by atoms with E-state index in [9.17, 15) is 4.79 Å². The van der Waals surface area contributed by atoms with Crippen molar-refractivity contribution in [1.29, 1.82) is 0 Å². The highest BCUT2D eigenvalue weighted by molar-refractivity contribution is 6.00. The van der Waals surface area contributed by atoms with Crippen molar-refractivity contribution in [2.24, 2.45) is 0 Å². The lowest BCUT2D eigenvalue weighted by molar-refractivity contribution is -0.115. The van der Waals surface area contributed by atoms with Crippen LogP contribution < -0.4 is 10.1 Å². The summed E-state index contributed by atoms with van der Waals surface area (Å²) in [5, 5.41) is 2.83. The Hall–Kier alpha value is -1.55. The van der Waals surface area contributed by atoms with Gasteiger partial charge in [-0.1, -0.05) is 19.9 Å². The zero-order valence-corrected chi connectivity index (χ0v) is 11.0. The summed E-state index contributed by atoms with van der Waals surface area (Å²) in [6.45, 7) is 7.93. The fourth-order valence-corrected chi connectivity index (χ4v) is 2.18. The molecule has 0 aromatic heterocycles. The normalized spacial score (nSPS) is 13.6. The van der Waals surface area contributed by atoms with E-state index in [2.05, 4.69) is 24.1 Å². The SMILES string of the molecule is CCN(CC)CCOc1cccc2c1CC(=O)N2. The molecule has 1 N–H and O–H groups in total. The Morgan fingerprint density at radius 3 is 2.83 bits per heavy atom. The molecule has 0 saturated heterocycles. The molecule has 0 radical (unpaired) electrons. The van der Waals surface area contributed by atoms with Crippen LogP contribution in [0.4, 0.5) is 5.69 Å². The Kier molecular flexibility index (Phi) is 4.20. The van der Waals surface area contributed by atoms with Crippen LogP contribution in [0.1, 0.15) is 19.4 Å². The Morgan fingerprint density at radius 2 is 2.11 bits per heavy atom. The third-order valence-electron chi connectivity index (χ3n) is 3.30. The molecule has 1 aliphatic rings. The molecule has 0 atom stereocenters. The lowest BCUT2D eigenvalue weighted by Crippen LogP contribution is -2.28. The highest BCUT2D eigenvalue weighted by Crippen LogP contribution is 2.31. The number of nitrogens with zero attached hydrogens (tertiary/aromatic N) is 1. The fourth-order valence-electron chi connectivity index (χ4n) is 2.18. The van der Waals surface area contributed by atoms with E-state index in [0.29, 0.717) is 13.0 Å². The topological polar surface area (TPSA) is 41.6 Å². The molecule has 18 heavy (non-hydrogen) atoms. The predicted octanol–water partition coefficient (Wildman–Crippen LogP) is 1.90. The number of carbonyl (C=O) groups excluding carboxylic acids is 1. The Labute approximate surface area is 108 Å². The summed E-state index contributed by atoms with van der Waals surface area (Å²) in [5.41, 5.74) is 1.88. The molecule has 1 heterocycles. The number of hydrogen-bond donors (Lipinski definition) is 1. The molecular formula is C14H20N2O2. The lowest BCUT2D eigenvalue weighted by Gasteiger charge is -2.18. The van der Waals surface area contributed by atoms with Gasteiger partial charge in [0.1, 0.15) is 12.4 Å². The smallest absolute Gasteiger partial charge is 0.229 e. The van der Waals surface area contributed by atoms with E-state index in [4.69, 9.17) is 4.74 Å². The second-order valence-electron chi connectivity index (χ2n) is 4.38. The van der Waals surface area contributed by atoms with Crippen LogP contribution in [0.15, 0.2) is 18.2 Å². The summed E-state index contributed by atoms with van der Waals surface area (Å²) in [4.78, 5) is 13.7. The van der Waals surface area contributed by atoms with Gasteiger partial charge in [0.25, 0.3) is 0 Å². The van der Waals surface area contributed by atoms with Crippen LogP contribution in [0.3, 0.4) is 0 Å². The minimum atomic E-state index is 0.0461. The van der Waals surface area contributed by atoms with E-state index in [0.717, 1.165) is 36.6 Å². The summed E-state index contributed by atoms with van der Waals surface area (Å²) in [7, 11) is 0. The van der Waals surface area contributed by atoms with Crippen LogP contribution >= 0.6 is 0 Å². The first-order chi connectivity index (χ1) is 8.74. The second kappa shape index (κ2) is 5.87. The van der Waals surface area contributed by atoms with E-state index < -0.39 is 0 Å². The Morgan fingerprint density at radius 1 is 1.33 bits per heavy atom. The van der Waals surface area contributed by atoms with Gasteiger partial charge in [-0.05, 0) is 25.2 Å². The molecule has 0 aliphatic carbocycles. The van der Waals surface area contributed by atoms with Crippen molar-refractivity contribution in [2.45, 2.75) is 20.3 Å². The number of rotatable bonds is 6. The molecular weight excluding hydrogens is 228 g/mol. The Bertz CT molecular complexity index is 428. The summed E-state index contributed by atoms with van der Waals surface area (Å²) < 4.78 is 5.80. The third kappa shape index (κ3) is 2.82. The standard InChI is InChI=1S/C14H20N2O2/c1-3-16(4-2)8-9-18-13-7-5-6-12-11(13)10-14(17)15-12/h5-7H,3-4,8-10H2,1-2H3,(H,15,17). The van der Waals surface area contributed by atoms with Crippen LogP contribution in [0, 0.1) is 0 Å². The van der Waals surface area contributed by atoms with Crippen molar-refractivity contribution < 1.29 is 9.53 Å². The van der Waals surface area contributed by atoms with Gasteiger partial charge in [-0.15, -0.1) is 0 Å². The second-order valence-corrected chi connectivity index (χ2v) is 4.38. The minimum absolute atomic E-state index is 0.0461. The number of hydrogen-bond acceptors (Lipinski definition) is 3. The monoisotopic (exact) mass is 248 g/mol. The zero-order chi connectivity index (χ0) is 13.0. The van der Waals surface area contributed by atoms with Crippen LogP contribution in [-0.2, 0) is 11.2 Å². The van der Waals surface area contributed by atoms with E-state index in [1.807, 2.05) is 18.2 Å². The number of nitrogens with one attached hydrogen (secondary N) is 1. The summed E-state index contributed by atoms with van der Waals surface area (Å²) in [6, 6.07) is 5.76. The molecule has 0 unspecified atom stereocenters. The lowest BCUT2D eigenvalue weighted by atomic mass is 10.1. The van der Waals surface area contributed by atoms with Gasteiger partial charge in [-0.2, -0.15) is 0 Å². The number of fused-ring (bicyclic) bond motifs is 1. The number of amides is 1. The van der Waals surface area contributed by atoms with Crippen LogP contribution in [0.2, 0.25) is 0 Å². The van der Waals surface area contributed by atoms with Gasteiger partial charge in [-0.3, -0.25) is 4.79 Å². The van der Waals surface area contributed by atoms with Gasteiger partial charge in [0.05, 0.1) is 6.42 Å². The molecule has 0 saturated carbocycles. The summed E-state index contributed by atoms with van der Waals surface area (Å²) in [5.74, 6) is 0.878. The molecule has 98 valence electrons. The maximum atomic E-state index is 11.4. The van der Waals surface area contributed by atoms with Crippen LogP contribution in [-0.4, -0.2) is 37.0 Å².